The van der Waals surface area contributed by atoms with Crippen molar-refractivity contribution in [1.29, 1.82) is 0 Å². The number of rotatable bonds is 6. The number of hydrogen-bond donors (Lipinski definition) is 0. The molecule has 0 fully saturated rings. The van der Waals surface area contributed by atoms with Crippen LogP contribution in [0.4, 0.5) is 34.1 Å². The van der Waals surface area contributed by atoms with E-state index in [1.165, 1.54) is 55.6 Å². The van der Waals surface area contributed by atoms with Gasteiger partial charge in [-0.05, 0) is 150 Å². The third kappa shape index (κ3) is 6.82. The van der Waals surface area contributed by atoms with Crippen molar-refractivity contribution in [2.45, 2.75) is 90.9 Å². The van der Waals surface area contributed by atoms with Crippen LogP contribution >= 0.6 is 0 Å². The van der Waals surface area contributed by atoms with E-state index in [0.29, 0.717) is 0 Å². The predicted molar refractivity (Wildman–Crippen MR) is 320 cm³/mol. The Balaban J connectivity index is 0.937. The molecule has 2 heterocycles. The van der Waals surface area contributed by atoms with Crippen LogP contribution in [-0.4, -0.2) is 0 Å². The van der Waals surface area contributed by atoms with Gasteiger partial charge in [0, 0.05) is 78.6 Å². The first-order chi connectivity index (χ1) is 36.4. The Morgan fingerprint density at radius 3 is 1.04 bits per heavy atom. The summed E-state index contributed by atoms with van der Waals surface area (Å²) in [5.74, 6) is 0. The molecule has 2 aliphatic rings. The molecule has 0 saturated heterocycles. The molecular formula is C72H62N2O2. The van der Waals surface area contributed by atoms with Gasteiger partial charge in [0.25, 0.3) is 0 Å². The first-order valence-corrected chi connectivity index (χ1v) is 27.0. The topological polar surface area (TPSA) is 32.8 Å². The van der Waals surface area contributed by atoms with Gasteiger partial charge in [0.15, 0.2) is 11.2 Å². The van der Waals surface area contributed by atoms with E-state index in [0.717, 1.165) is 88.8 Å². The average molecular weight is 987 g/mol. The lowest BCUT2D eigenvalue weighted by molar-refractivity contribution is 0.590. The fraction of sp³-hybridized carbons (Fsp3) is 0.194. The molecule has 372 valence electrons. The Labute approximate surface area is 445 Å². The Hall–Kier alpha value is -8.34. The highest BCUT2D eigenvalue weighted by Crippen LogP contribution is 2.54. The van der Waals surface area contributed by atoms with Gasteiger partial charge in [-0.3, -0.25) is 0 Å². The molecule has 2 aliphatic carbocycles. The number of nitrogens with zero attached hydrogens (tertiary/aromatic N) is 2. The van der Waals surface area contributed by atoms with Crippen molar-refractivity contribution < 1.29 is 8.83 Å². The third-order valence-electron chi connectivity index (χ3n) is 17.2. The van der Waals surface area contributed by atoms with Gasteiger partial charge in [-0.2, -0.15) is 0 Å². The van der Waals surface area contributed by atoms with Crippen LogP contribution in [0.15, 0.2) is 203 Å². The lowest BCUT2D eigenvalue weighted by Gasteiger charge is -2.29. The van der Waals surface area contributed by atoms with Crippen LogP contribution < -0.4 is 9.80 Å². The van der Waals surface area contributed by atoms with Gasteiger partial charge in [-0.1, -0.05) is 178 Å². The zero-order valence-electron chi connectivity index (χ0n) is 45.2. The quantitative estimate of drug-likeness (QED) is 0.166. The van der Waals surface area contributed by atoms with Gasteiger partial charge in [0.2, 0.25) is 0 Å². The molecule has 76 heavy (non-hydrogen) atoms. The van der Waals surface area contributed by atoms with Gasteiger partial charge in [-0.15, -0.1) is 0 Å². The molecule has 0 saturated carbocycles. The molecule has 0 atom stereocenters. The Kier molecular flexibility index (Phi) is 9.78. The van der Waals surface area contributed by atoms with Crippen molar-refractivity contribution in [3.05, 3.63) is 228 Å². The molecule has 2 aromatic heterocycles. The van der Waals surface area contributed by atoms with E-state index in [2.05, 4.69) is 273 Å². The molecule has 12 aromatic rings. The molecule has 0 bridgehead atoms. The Morgan fingerprint density at radius 1 is 0.316 bits per heavy atom. The van der Waals surface area contributed by atoms with Crippen molar-refractivity contribution in [2.24, 2.45) is 0 Å². The number of fused-ring (bicyclic) bond motifs is 16. The van der Waals surface area contributed by atoms with Gasteiger partial charge >= 0.3 is 0 Å². The second-order valence-corrected chi connectivity index (χ2v) is 24.6. The highest BCUT2D eigenvalue weighted by Gasteiger charge is 2.37. The fourth-order valence-corrected chi connectivity index (χ4v) is 13.0. The molecule has 0 radical (unpaired) electrons. The maximum Gasteiger partial charge on any atom is 0.179 e. The first kappa shape index (κ1) is 46.2. The van der Waals surface area contributed by atoms with Crippen LogP contribution in [0, 0.1) is 0 Å². The molecule has 0 aliphatic heterocycles. The maximum absolute atomic E-state index is 7.19. The summed E-state index contributed by atoms with van der Waals surface area (Å²) < 4.78 is 14.4. The molecule has 4 nitrogen and oxygen atoms in total. The smallest absolute Gasteiger partial charge is 0.179 e. The van der Waals surface area contributed by atoms with Crippen molar-refractivity contribution in [1.82, 2.24) is 0 Å². The molecule has 0 N–H and O–H groups in total. The van der Waals surface area contributed by atoms with Crippen LogP contribution in [0.3, 0.4) is 0 Å². The van der Waals surface area contributed by atoms with Gasteiger partial charge < -0.3 is 18.6 Å². The minimum absolute atomic E-state index is 0.0250. The molecule has 0 amide bonds. The first-order valence-electron chi connectivity index (χ1n) is 27.0. The van der Waals surface area contributed by atoms with Crippen molar-refractivity contribution in [3.63, 3.8) is 0 Å². The van der Waals surface area contributed by atoms with Gasteiger partial charge in [0.05, 0.1) is 0 Å². The largest absolute Gasteiger partial charge is 0.452 e. The number of benzene rings is 10. The monoisotopic (exact) mass is 986 g/mol. The summed E-state index contributed by atoms with van der Waals surface area (Å²) in [5.41, 5.74) is 22.5. The summed E-state index contributed by atoms with van der Waals surface area (Å²) in [7, 11) is 0. The van der Waals surface area contributed by atoms with E-state index >= 15 is 0 Å². The standard InChI is InChI=1S/C72H62N2O2/c1-69(2,3)43-23-27-45(28-24-43)73(47-31-35-53-51-17-13-15-21-59(51)71(7,8)61(53)39-47)49-33-37-57-63(41-49)75-67-65(57)55-19-11-12-20-56(55)66-58-38-34-50(42-64(58)76-68(66)67)74(46-29-25-44(26-30-46)70(4,5)6)48-32-36-54-52-18-14-16-22-60(52)72(9,10)62(54)40-48/h11-42H,1-10H3. The van der Waals surface area contributed by atoms with Crippen molar-refractivity contribution >= 4 is 88.8 Å². The molecule has 0 unspecified atom stereocenters. The Bertz CT molecular complexity index is 4080. The van der Waals surface area contributed by atoms with E-state index in [9.17, 15) is 0 Å². The summed E-state index contributed by atoms with van der Waals surface area (Å²) in [5, 5.41) is 6.51. The summed E-state index contributed by atoms with van der Waals surface area (Å²) in [4.78, 5) is 4.77. The lowest BCUT2D eigenvalue weighted by Crippen LogP contribution is -2.17. The van der Waals surface area contributed by atoms with E-state index < -0.39 is 0 Å². The molecule has 4 heteroatoms. The molecular weight excluding hydrogens is 925 g/mol. The number of furan rings is 2. The third-order valence-corrected chi connectivity index (χ3v) is 17.2. The number of hydrogen-bond acceptors (Lipinski definition) is 4. The van der Waals surface area contributed by atoms with Crippen LogP contribution in [0.1, 0.15) is 103 Å². The summed E-state index contributed by atoms with van der Waals surface area (Å²) in [6, 6.07) is 72.1. The molecule has 10 aromatic carbocycles. The summed E-state index contributed by atoms with van der Waals surface area (Å²) in [6.07, 6.45) is 0. The maximum atomic E-state index is 7.19. The van der Waals surface area contributed by atoms with Crippen LogP contribution in [0.2, 0.25) is 0 Å². The lowest BCUT2D eigenvalue weighted by atomic mass is 9.82. The van der Waals surface area contributed by atoms with E-state index in [4.69, 9.17) is 8.83 Å². The van der Waals surface area contributed by atoms with Gasteiger partial charge in [-0.25, -0.2) is 0 Å². The minimum Gasteiger partial charge on any atom is -0.452 e. The van der Waals surface area contributed by atoms with Crippen molar-refractivity contribution in [3.8, 4) is 22.3 Å². The minimum atomic E-state index is -0.145. The SMILES string of the molecule is CC(C)(C)c1ccc(N(c2ccc3c(c2)C(C)(C)c2ccccc2-3)c2ccc3c(c2)oc2c4oc5cc(N(c6ccc(C(C)(C)C)cc6)c6ccc7c(c6)C(C)(C)c6ccccc6-7)ccc5c4c4ccccc4c32)cc1. The molecule has 0 spiro atoms. The van der Waals surface area contributed by atoms with E-state index in [1.54, 1.807) is 0 Å². The van der Waals surface area contributed by atoms with Crippen LogP contribution in [-0.2, 0) is 21.7 Å². The summed E-state index contributed by atoms with van der Waals surface area (Å²) in [6.45, 7) is 23.0. The number of anilines is 6. The van der Waals surface area contributed by atoms with Crippen LogP contribution in [0.25, 0.3) is 76.9 Å². The van der Waals surface area contributed by atoms with E-state index in [1.807, 2.05) is 0 Å². The second kappa shape index (κ2) is 16.1. The zero-order chi connectivity index (χ0) is 52.2. The fourth-order valence-electron chi connectivity index (χ4n) is 13.0. The van der Waals surface area contributed by atoms with Crippen LogP contribution in [0.5, 0.6) is 0 Å². The predicted octanol–water partition coefficient (Wildman–Crippen LogP) is 20.8. The summed E-state index contributed by atoms with van der Waals surface area (Å²) >= 11 is 0. The van der Waals surface area contributed by atoms with E-state index in [-0.39, 0.29) is 21.7 Å². The molecule has 14 rings (SSSR count). The average Bonchev–Trinajstić information content (AvgIpc) is 4.29. The Morgan fingerprint density at radius 2 is 0.645 bits per heavy atom. The normalized spacial score (nSPS) is 14.4. The highest BCUT2D eigenvalue weighted by atomic mass is 16.4. The second-order valence-electron chi connectivity index (χ2n) is 24.6. The zero-order valence-corrected chi connectivity index (χ0v) is 45.2. The van der Waals surface area contributed by atoms with Gasteiger partial charge in [0.1, 0.15) is 11.2 Å². The highest BCUT2D eigenvalue weighted by molar-refractivity contribution is 6.33. The van der Waals surface area contributed by atoms with Crippen molar-refractivity contribution in [2.75, 3.05) is 9.80 Å².